The molecule has 8 aromatic carbocycles. The van der Waals surface area contributed by atoms with E-state index in [-0.39, 0.29) is 0 Å². The lowest BCUT2D eigenvalue weighted by Gasteiger charge is -2.36. The highest BCUT2D eigenvalue weighted by Crippen LogP contribution is 2.42. The standard InChI is InChI=1S/C53H40N2Si/c1-37-20-14-17-29-45(37)49-33-43(32-48(52(49)36-54)40-23-8-5-9-24-40)56(41-25-10-6-11-26-41,42-27-12-7-13-28-42)44-34-50(46-30-18-15-21-38(46)2)53(55-4)51(35-44)47-31-19-16-22-39(47)3/h5-35H,1-3H3. The Labute approximate surface area is 331 Å². The third-order valence-electron chi connectivity index (χ3n) is 11.1. The van der Waals surface area contributed by atoms with E-state index in [1.807, 2.05) is 18.2 Å². The summed E-state index contributed by atoms with van der Waals surface area (Å²) in [5.74, 6) is 0. The van der Waals surface area contributed by atoms with Gasteiger partial charge in [-0.05, 0) is 97.2 Å². The average molecular weight is 733 g/mol. The SMILES string of the molecule is [C-]#[N+]c1c(-c2ccccc2C)cc([Si](c2ccccc2)(c2ccccc2)c2cc(-c3ccccc3)c(C#N)c(-c3ccccc3C)c2)cc1-c1ccccc1C. The molecule has 56 heavy (non-hydrogen) atoms. The van der Waals surface area contributed by atoms with Crippen molar-refractivity contribution in [1.29, 1.82) is 5.26 Å². The lowest BCUT2D eigenvalue weighted by molar-refractivity contribution is 1.43. The van der Waals surface area contributed by atoms with Crippen molar-refractivity contribution in [2.45, 2.75) is 20.8 Å². The van der Waals surface area contributed by atoms with Gasteiger partial charge in [0.15, 0.2) is 8.07 Å². The molecule has 0 atom stereocenters. The van der Waals surface area contributed by atoms with Crippen LogP contribution in [-0.4, -0.2) is 8.07 Å². The normalized spacial score (nSPS) is 11.1. The highest BCUT2D eigenvalue weighted by molar-refractivity contribution is 7.20. The smallest absolute Gasteiger partial charge is 0.202 e. The van der Waals surface area contributed by atoms with Gasteiger partial charge in [-0.1, -0.05) is 188 Å². The summed E-state index contributed by atoms with van der Waals surface area (Å²) >= 11 is 0. The predicted molar refractivity (Wildman–Crippen MR) is 237 cm³/mol. The zero-order valence-electron chi connectivity index (χ0n) is 31.8. The van der Waals surface area contributed by atoms with E-state index in [1.165, 1.54) is 15.6 Å². The molecule has 266 valence electrons. The molecule has 0 unspecified atom stereocenters. The zero-order valence-corrected chi connectivity index (χ0v) is 32.8. The van der Waals surface area contributed by atoms with Crippen molar-refractivity contribution in [3.05, 3.63) is 222 Å². The fourth-order valence-electron chi connectivity index (χ4n) is 8.42. The summed E-state index contributed by atoms with van der Waals surface area (Å²) < 4.78 is 0. The summed E-state index contributed by atoms with van der Waals surface area (Å²) in [6.07, 6.45) is 0. The van der Waals surface area contributed by atoms with Crippen LogP contribution in [0.1, 0.15) is 22.3 Å². The van der Waals surface area contributed by atoms with E-state index in [0.717, 1.165) is 66.4 Å². The first-order chi connectivity index (χ1) is 27.4. The Morgan fingerprint density at radius 2 is 0.768 bits per heavy atom. The molecule has 0 aliphatic carbocycles. The highest BCUT2D eigenvalue weighted by Gasteiger charge is 2.43. The lowest BCUT2D eigenvalue weighted by atomic mass is 9.90. The largest absolute Gasteiger partial charge is 0.237 e. The molecule has 0 aliphatic heterocycles. The first kappa shape index (κ1) is 36.0. The third kappa shape index (κ3) is 6.25. The Balaban J connectivity index is 1.62. The third-order valence-corrected chi connectivity index (χ3v) is 15.9. The van der Waals surface area contributed by atoms with Gasteiger partial charge in [-0.2, -0.15) is 5.26 Å². The minimum atomic E-state index is -3.29. The minimum Gasteiger partial charge on any atom is -0.237 e. The fourth-order valence-corrected chi connectivity index (χ4v) is 13.2. The van der Waals surface area contributed by atoms with Crippen LogP contribution < -0.4 is 20.7 Å². The molecule has 0 spiro atoms. The van der Waals surface area contributed by atoms with E-state index in [2.05, 4.69) is 202 Å². The van der Waals surface area contributed by atoms with E-state index in [4.69, 9.17) is 6.57 Å². The molecule has 0 radical (unpaired) electrons. The maximum atomic E-state index is 11.0. The Morgan fingerprint density at radius 1 is 0.411 bits per heavy atom. The maximum Gasteiger partial charge on any atom is 0.202 e. The molecule has 0 aliphatic rings. The summed E-state index contributed by atoms with van der Waals surface area (Å²) in [6, 6.07) is 69.2. The van der Waals surface area contributed by atoms with Crippen LogP contribution in [0.2, 0.25) is 0 Å². The molecular weight excluding hydrogens is 693 g/mol. The van der Waals surface area contributed by atoms with Crippen molar-refractivity contribution in [3.63, 3.8) is 0 Å². The number of nitrogens with zero attached hydrogens (tertiary/aromatic N) is 2. The molecule has 0 saturated heterocycles. The van der Waals surface area contributed by atoms with Gasteiger partial charge in [-0.3, -0.25) is 0 Å². The van der Waals surface area contributed by atoms with Crippen molar-refractivity contribution < 1.29 is 0 Å². The summed E-state index contributed by atoms with van der Waals surface area (Å²) in [5.41, 5.74) is 12.4. The van der Waals surface area contributed by atoms with Crippen molar-refractivity contribution in [2.75, 3.05) is 0 Å². The monoisotopic (exact) mass is 732 g/mol. The highest BCUT2D eigenvalue weighted by atomic mass is 28.3. The van der Waals surface area contributed by atoms with Crippen LogP contribution in [0.3, 0.4) is 0 Å². The van der Waals surface area contributed by atoms with Gasteiger partial charge in [-0.15, -0.1) is 0 Å². The number of rotatable bonds is 8. The molecule has 3 heteroatoms. The molecule has 0 aromatic heterocycles. The van der Waals surface area contributed by atoms with E-state index in [0.29, 0.717) is 11.3 Å². The topological polar surface area (TPSA) is 28.1 Å². The van der Waals surface area contributed by atoms with Crippen LogP contribution in [0.15, 0.2) is 188 Å². The van der Waals surface area contributed by atoms with Crippen LogP contribution in [0.25, 0.3) is 49.4 Å². The van der Waals surface area contributed by atoms with Crippen LogP contribution in [-0.2, 0) is 0 Å². The Bertz CT molecular complexity index is 2690. The summed E-state index contributed by atoms with van der Waals surface area (Å²) in [7, 11) is -3.29. The van der Waals surface area contributed by atoms with Crippen molar-refractivity contribution in [3.8, 4) is 50.6 Å². The second-order valence-electron chi connectivity index (χ2n) is 14.4. The van der Waals surface area contributed by atoms with Gasteiger partial charge in [0.2, 0.25) is 5.69 Å². The molecular formula is C53H40N2Si. The van der Waals surface area contributed by atoms with E-state index in [9.17, 15) is 5.26 Å². The molecule has 0 N–H and O–H groups in total. The van der Waals surface area contributed by atoms with Crippen LogP contribution in [0.5, 0.6) is 0 Å². The van der Waals surface area contributed by atoms with Crippen molar-refractivity contribution in [1.82, 2.24) is 0 Å². The summed E-state index contributed by atoms with van der Waals surface area (Å²) in [4.78, 5) is 4.32. The summed E-state index contributed by atoms with van der Waals surface area (Å²) in [5, 5.41) is 15.8. The van der Waals surface area contributed by atoms with Gasteiger partial charge in [0.25, 0.3) is 0 Å². The molecule has 0 amide bonds. The Morgan fingerprint density at radius 3 is 1.18 bits per heavy atom. The van der Waals surface area contributed by atoms with Gasteiger partial charge in [0.05, 0.1) is 12.1 Å². The first-order valence-electron chi connectivity index (χ1n) is 18.9. The molecule has 8 aromatic rings. The molecule has 0 bridgehead atoms. The number of benzene rings is 8. The van der Waals surface area contributed by atoms with Crippen LogP contribution in [0.4, 0.5) is 5.69 Å². The first-order valence-corrected chi connectivity index (χ1v) is 20.9. The predicted octanol–water partition coefficient (Wildman–Crippen LogP) is 11.1. The second-order valence-corrected chi connectivity index (χ2v) is 18.2. The maximum absolute atomic E-state index is 11.0. The van der Waals surface area contributed by atoms with Crippen LogP contribution >= 0.6 is 0 Å². The van der Waals surface area contributed by atoms with Gasteiger partial charge in [-0.25, -0.2) is 4.85 Å². The van der Waals surface area contributed by atoms with Gasteiger partial charge < -0.3 is 0 Å². The van der Waals surface area contributed by atoms with Gasteiger partial charge in [0.1, 0.15) is 6.07 Å². The van der Waals surface area contributed by atoms with E-state index >= 15 is 0 Å². The quantitative estimate of drug-likeness (QED) is 0.0868. The molecule has 0 saturated carbocycles. The van der Waals surface area contributed by atoms with E-state index < -0.39 is 8.07 Å². The fraction of sp³-hybridized carbons (Fsp3) is 0.0566. The van der Waals surface area contributed by atoms with Crippen molar-refractivity contribution in [2.24, 2.45) is 0 Å². The minimum absolute atomic E-state index is 0.645. The Kier molecular flexibility index (Phi) is 9.87. The van der Waals surface area contributed by atoms with Crippen molar-refractivity contribution >= 4 is 34.5 Å². The molecule has 2 nitrogen and oxygen atoms in total. The van der Waals surface area contributed by atoms with E-state index in [1.54, 1.807) is 0 Å². The molecule has 0 heterocycles. The number of hydrogen-bond donors (Lipinski definition) is 0. The Hall–Kier alpha value is -7.04. The lowest BCUT2D eigenvalue weighted by Crippen LogP contribution is -2.74. The van der Waals surface area contributed by atoms with Gasteiger partial charge in [0, 0.05) is 5.56 Å². The number of hydrogen-bond acceptors (Lipinski definition) is 1. The van der Waals surface area contributed by atoms with Crippen LogP contribution in [0, 0.1) is 38.7 Å². The summed E-state index contributed by atoms with van der Waals surface area (Å²) in [6.45, 7) is 15.1. The number of aryl methyl sites for hydroxylation is 3. The number of nitriles is 1. The average Bonchev–Trinajstić information content (AvgIpc) is 3.25. The molecule has 8 rings (SSSR count). The zero-order chi connectivity index (χ0) is 38.6. The second kappa shape index (κ2) is 15.4. The van der Waals surface area contributed by atoms with Gasteiger partial charge >= 0.3 is 0 Å². The molecule has 0 fully saturated rings.